The lowest BCUT2D eigenvalue weighted by molar-refractivity contribution is -0.129. The van der Waals surface area contributed by atoms with Crippen molar-refractivity contribution in [1.82, 2.24) is 4.90 Å². The lowest BCUT2D eigenvalue weighted by Crippen LogP contribution is -2.32. The second-order valence-electron chi connectivity index (χ2n) is 5.25. The van der Waals surface area contributed by atoms with Crippen LogP contribution in [0.1, 0.15) is 18.1 Å². The molecule has 0 radical (unpaired) electrons. The van der Waals surface area contributed by atoms with Crippen molar-refractivity contribution in [3.8, 4) is 0 Å². The molecule has 0 unspecified atom stereocenters. The molecule has 1 atom stereocenters. The summed E-state index contributed by atoms with van der Waals surface area (Å²) < 4.78 is 0. The fraction of sp³-hybridized carbons (Fsp3) is 0.278. The summed E-state index contributed by atoms with van der Waals surface area (Å²) in [5.74, 6) is 0.157. The number of benzene rings is 2. The van der Waals surface area contributed by atoms with Gasteiger partial charge in [-0.15, -0.1) is 11.8 Å². The number of aryl methyl sites for hydroxylation is 1. The monoisotopic (exact) mass is 299 g/mol. The highest BCUT2D eigenvalue weighted by Gasteiger charge is 2.18. The van der Waals surface area contributed by atoms with E-state index in [1.807, 2.05) is 44.3 Å². The highest BCUT2D eigenvalue weighted by atomic mass is 32.2. The second-order valence-corrected chi connectivity index (χ2v) is 6.67. The fourth-order valence-electron chi connectivity index (χ4n) is 2.12. The average Bonchev–Trinajstić information content (AvgIpc) is 2.49. The third kappa shape index (κ3) is 4.64. The Kier molecular flexibility index (Phi) is 5.45. The van der Waals surface area contributed by atoms with Crippen LogP contribution in [0.2, 0.25) is 0 Å². The van der Waals surface area contributed by atoms with E-state index in [9.17, 15) is 4.79 Å². The summed E-state index contributed by atoms with van der Waals surface area (Å²) >= 11 is 1.61. The molecular weight excluding hydrogens is 278 g/mol. The van der Waals surface area contributed by atoms with Crippen LogP contribution in [0.3, 0.4) is 0 Å². The van der Waals surface area contributed by atoms with E-state index in [-0.39, 0.29) is 11.2 Å². The van der Waals surface area contributed by atoms with Gasteiger partial charge in [0.25, 0.3) is 0 Å². The number of amides is 1. The van der Waals surface area contributed by atoms with Gasteiger partial charge in [-0.3, -0.25) is 4.79 Å². The molecular formula is C18H21NOS. The third-order valence-electron chi connectivity index (χ3n) is 3.32. The Bertz CT molecular complexity index is 580. The number of hydrogen-bond acceptors (Lipinski definition) is 2. The van der Waals surface area contributed by atoms with Gasteiger partial charge in [0, 0.05) is 18.5 Å². The Morgan fingerprint density at radius 2 is 1.71 bits per heavy atom. The maximum Gasteiger partial charge on any atom is 0.235 e. The molecule has 0 bridgehead atoms. The summed E-state index contributed by atoms with van der Waals surface area (Å²) in [5, 5.41) is -0.0820. The van der Waals surface area contributed by atoms with Gasteiger partial charge in [0.1, 0.15) is 0 Å². The van der Waals surface area contributed by atoms with E-state index in [4.69, 9.17) is 0 Å². The van der Waals surface area contributed by atoms with Gasteiger partial charge in [0.05, 0.1) is 5.25 Å². The summed E-state index contributed by atoms with van der Waals surface area (Å²) in [6, 6.07) is 18.4. The quantitative estimate of drug-likeness (QED) is 0.774. The molecule has 110 valence electrons. The minimum atomic E-state index is -0.0820. The van der Waals surface area contributed by atoms with Crippen LogP contribution < -0.4 is 0 Å². The smallest absolute Gasteiger partial charge is 0.235 e. The molecule has 0 fully saturated rings. The van der Waals surface area contributed by atoms with E-state index in [1.165, 1.54) is 5.56 Å². The number of carbonyl (C=O) groups is 1. The van der Waals surface area contributed by atoms with Gasteiger partial charge in [-0.2, -0.15) is 0 Å². The lowest BCUT2D eigenvalue weighted by Gasteiger charge is -2.21. The lowest BCUT2D eigenvalue weighted by atomic mass is 10.2. The normalized spacial score (nSPS) is 12.0. The van der Waals surface area contributed by atoms with Crippen molar-refractivity contribution in [2.75, 3.05) is 7.05 Å². The number of thioether (sulfide) groups is 1. The van der Waals surface area contributed by atoms with Gasteiger partial charge in [-0.25, -0.2) is 0 Å². The summed E-state index contributed by atoms with van der Waals surface area (Å²) in [6.07, 6.45) is 0. The SMILES string of the molecule is Cc1ccc(S[C@@H](C)C(=O)N(C)Cc2ccccc2)cc1. The predicted octanol–water partition coefficient (Wildman–Crippen LogP) is 4.13. The molecule has 2 rings (SSSR count). The molecule has 0 saturated carbocycles. The van der Waals surface area contributed by atoms with Gasteiger partial charge in [0.2, 0.25) is 5.91 Å². The molecule has 0 spiro atoms. The Hall–Kier alpha value is -1.74. The fourth-order valence-corrected chi connectivity index (χ4v) is 3.10. The number of hydrogen-bond donors (Lipinski definition) is 0. The van der Waals surface area contributed by atoms with Gasteiger partial charge >= 0.3 is 0 Å². The first-order valence-corrected chi connectivity index (χ1v) is 7.96. The van der Waals surface area contributed by atoms with E-state index in [0.29, 0.717) is 6.54 Å². The van der Waals surface area contributed by atoms with Crippen LogP contribution >= 0.6 is 11.8 Å². The number of rotatable bonds is 5. The van der Waals surface area contributed by atoms with Gasteiger partial charge in [0.15, 0.2) is 0 Å². The summed E-state index contributed by atoms with van der Waals surface area (Å²) in [6.45, 7) is 4.68. The predicted molar refractivity (Wildman–Crippen MR) is 89.4 cm³/mol. The standard InChI is InChI=1S/C18H21NOS/c1-14-9-11-17(12-10-14)21-15(2)18(20)19(3)13-16-7-5-4-6-8-16/h4-12,15H,13H2,1-3H3/t15-/m0/s1. The molecule has 1 amide bonds. The van der Waals surface area contributed by atoms with Crippen molar-refractivity contribution in [2.45, 2.75) is 30.5 Å². The van der Waals surface area contributed by atoms with Gasteiger partial charge in [-0.05, 0) is 31.5 Å². The van der Waals surface area contributed by atoms with Crippen molar-refractivity contribution in [1.29, 1.82) is 0 Å². The van der Waals surface area contributed by atoms with E-state index < -0.39 is 0 Å². The summed E-state index contributed by atoms with van der Waals surface area (Å²) in [4.78, 5) is 15.4. The van der Waals surface area contributed by atoms with Crippen molar-refractivity contribution < 1.29 is 4.79 Å². The van der Waals surface area contributed by atoms with Crippen LogP contribution in [-0.4, -0.2) is 23.1 Å². The Labute approximate surface area is 131 Å². The number of nitrogens with zero attached hydrogens (tertiary/aromatic N) is 1. The third-order valence-corrected chi connectivity index (χ3v) is 4.42. The Morgan fingerprint density at radius 3 is 2.33 bits per heavy atom. The highest BCUT2D eigenvalue weighted by molar-refractivity contribution is 8.00. The average molecular weight is 299 g/mol. The molecule has 2 aromatic rings. The topological polar surface area (TPSA) is 20.3 Å². The molecule has 2 aromatic carbocycles. The first-order chi connectivity index (χ1) is 10.1. The molecule has 0 aromatic heterocycles. The molecule has 0 N–H and O–H groups in total. The first-order valence-electron chi connectivity index (χ1n) is 7.08. The zero-order valence-electron chi connectivity index (χ0n) is 12.7. The number of carbonyl (C=O) groups excluding carboxylic acids is 1. The van der Waals surface area contributed by atoms with Crippen LogP contribution in [-0.2, 0) is 11.3 Å². The van der Waals surface area contributed by atoms with E-state index in [1.54, 1.807) is 16.7 Å². The molecule has 0 aliphatic rings. The summed E-state index contributed by atoms with van der Waals surface area (Å²) in [7, 11) is 1.86. The molecule has 0 aliphatic heterocycles. The van der Waals surface area contributed by atoms with Crippen molar-refractivity contribution in [3.63, 3.8) is 0 Å². The van der Waals surface area contributed by atoms with Crippen LogP contribution in [0, 0.1) is 6.92 Å². The van der Waals surface area contributed by atoms with Gasteiger partial charge in [-0.1, -0.05) is 48.0 Å². The maximum atomic E-state index is 12.4. The molecule has 0 saturated heterocycles. The summed E-state index contributed by atoms with van der Waals surface area (Å²) in [5.41, 5.74) is 2.39. The van der Waals surface area contributed by atoms with E-state index in [0.717, 1.165) is 10.5 Å². The van der Waals surface area contributed by atoms with Crippen LogP contribution in [0.5, 0.6) is 0 Å². The molecule has 2 nitrogen and oxygen atoms in total. The zero-order chi connectivity index (χ0) is 15.2. The molecule has 3 heteroatoms. The molecule has 21 heavy (non-hydrogen) atoms. The Morgan fingerprint density at radius 1 is 1.10 bits per heavy atom. The van der Waals surface area contributed by atoms with Crippen LogP contribution in [0.25, 0.3) is 0 Å². The minimum Gasteiger partial charge on any atom is -0.340 e. The maximum absolute atomic E-state index is 12.4. The highest BCUT2D eigenvalue weighted by Crippen LogP contribution is 2.24. The van der Waals surface area contributed by atoms with E-state index >= 15 is 0 Å². The Balaban J connectivity index is 1.93. The van der Waals surface area contributed by atoms with Crippen LogP contribution in [0.4, 0.5) is 0 Å². The molecule has 0 aliphatic carbocycles. The second kappa shape index (κ2) is 7.32. The largest absolute Gasteiger partial charge is 0.340 e. The van der Waals surface area contributed by atoms with Gasteiger partial charge < -0.3 is 4.90 Å². The minimum absolute atomic E-state index is 0.0820. The van der Waals surface area contributed by atoms with E-state index in [2.05, 4.69) is 31.2 Å². The van der Waals surface area contributed by atoms with Crippen molar-refractivity contribution in [3.05, 3.63) is 65.7 Å². The van der Waals surface area contributed by atoms with Crippen molar-refractivity contribution >= 4 is 17.7 Å². The first kappa shape index (κ1) is 15.6. The molecule has 0 heterocycles. The van der Waals surface area contributed by atoms with Crippen molar-refractivity contribution in [2.24, 2.45) is 0 Å². The van der Waals surface area contributed by atoms with Crippen LogP contribution in [0.15, 0.2) is 59.5 Å². The zero-order valence-corrected chi connectivity index (χ0v) is 13.6.